The van der Waals surface area contributed by atoms with Crippen molar-refractivity contribution in [2.24, 2.45) is 0 Å². The zero-order valence-corrected chi connectivity index (χ0v) is 22.2. The molecule has 2 N–H and O–H groups in total. The molecule has 1 aliphatic rings. The molecule has 0 saturated carbocycles. The Bertz CT molecular complexity index is 1260. The highest BCUT2D eigenvalue weighted by atomic mass is 127. The van der Waals surface area contributed by atoms with Gasteiger partial charge in [0.05, 0.1) is 30.3 Å². The summed E-state index contributed by atoms with van der Waals surface area (Å²) in [5.41, 5.74) is 6.90. The van der Waals surface area contributed by atoms with E-state index < -0.39 is 32.0 Å². The number of benzene rings is 1. The Morgan fingerprint density at radius 3 is 2.66 bits per heavy atom. The number of nitrogens with zero attached hydrogens (tertiary/aromatic N) is 4. The van der Waals surface area contributed by atoms with Crippen LogP contribution in [-0.4, -0.2) is 51.1 Å². The van der Waals surface area contributed by atoms with Gasteiger partial charge in [0.15, 0.2) is 18.0 Å². The van der Waals surface area contributed by atoms with Crippen LogP contribution in [-0.2, 0) is 23.1 Å². The molecule has 3 aromatic rings. The lowest BCUT2D eigenvalue weighted by atomic mass is 10.2. The maximum Gasteiger partial charge on any atom is 0.353 e. The van der Waals surface area contributed by atoms with Crippen LogP contribution in [0.3, 0.4) is 0 Å². The predicted octanol–water partition coefficient (Wildman–Crippen LogP) is 4.31. The van der Waals surface area contributed by atoms with Crippen molar-refractivity contribution in [1.29, 1.82) is 0 Å². The minimum atomic E-state index is -3.43. The average molecular weight is 613 g/mol. The molecule has 0 spiro atoms. The summed E-state index contributed by atoms with van der Waals surface area (Å²) in [5, 5.41) is 5.13. The van der Waals surface area contributed by atoms with E-state index in [0.29, 0.717) is 20.3 Å². The fraction of sp³-hybridized carbons (Fsp3) is 0.364. The minimum absolute atomic E-state index is 0.228. The topological polar surface area (TPSA) is 141 Å². The van der Waals surface area contributed by atoms with Gasteiger partial charge >= 0.3 is 13.6 Å². The van der Waals surface area contributed by atoms with Crippen LogP contribution >= 0.6 is 30.2 Å². The van der Waals surface area contributed by atoms with E-state index >= 15 is 0 Å². The van der Waals surface area contributed by atoms with Gasteiger partial charge in [0, 0.05) is 12.2 Å². The van der Waals surface area contributed by atoms with Crippen molar-refractivity contribution in [3.63, 3.8) is 0 Å². The Hall–Kier alpha value is -2.38. The third kappa shape index (κ3) is 5.72. The Morgan fingerprint density at radius 2 is 1.97 bits per heavy atom. The van der Waals surface area contributed by atoms with Gasteiger partial charge in [0.25, 0.3) is 0 Å². The summed E-state index contributed by atoms with van der Waals surface area (Å²) in [5.74, 6) is 1.17. The van der Waals surface area contributed by atoms with Gasteiger partial charge in [-0.05, 0) is 54.6 Å². The van der Waals surface area contributed by atoms with E-state index in [1.54, 1.807) is 44.2 Å². The third-order valence-corrected chi connectivity index (χ3v) is 7.71. The molecule has 186 valence electrons. The van der Waals surface area contributed by atoms with Gasteiger partial charge < -0.3 is 24.3 Å². The summed E-state index contributed by atoms with van der Waals surface area (Å²) >= 11 is 2.04. The summed E-state index contributed by atoms with van der Waals surface area (Å²) in [6.07, 6.45) is 1.15. The van der Waals surface area contributed by atoms with Gasteiger partial charge in [0.2, 0.25) is 0 Å². The maximum absolute atomic E-state index is 12.9. The molecular weight excluding hydrogens is 588 g/mol. The van der Waals surface area contributed by atoms with Crippen LogP contribution in [0.5, 0.6) is 0 Å². The first-order valence-corrected chi connectivity index (χ1v) is 13.7. The number of aromatic nitrogens is 4. The number of hydrogen-bond acceptors (Lipinski definition) is 10. The fourth-order valence-electron chi connectivity index (χ4n) is 3.71. The lowest BCUT2D eigenvalue weighted by Crippen LogP contribution is -2.26. The lowest BCUT2D eigenvalue weighted by molar-refractivity contribution is -0.0440. The van der Waals surface area contributed by atoms with Crippen LogP contribution in [0, 0.1) is 3.70 Å². The van der Waals surface area contributed by atoms with Gasteiger partial charge in [-0.1, -0.05) is 18.2 Å². The molecule has 13 heteroatoms. The minimum Gasteiger partial charge on any atom is -0.454 e. The number of anilines is 1. The number of hydrogen-bond donors (Lipinski definition) is 1. The molecule has 0 radical (unpaired) electrons. The van der Waals surface area contributed by atoms with Crippen LogP contribution in [0.4, 0.5) is 5.82 Å². The second-order valence-corrected chi connectivity index (χ2v) is 10.4. The Morgan fingerprint density at radius 1 is 1.26 bits per heavy atom. The number of esters is 1. The summed E-state index contributed by atoms with van der Waals surface area (Å²) in [7, 11) is -3.43. The normalized spacial score (nSPS) is 20.6. The summed E-state index contributed by atoms with van der Waals surface area (Å²) < 4.78 is 37.7. The van der Waals surface area contributed by atoms with Gasteiger partial charge in [-0.25, -0.2) is 19.4 Å². The van der Waals surface area contributed by atoms with Gasteiger partial charge in [-0.2, -0.15) is 5.10 Å². The number of fused-ring (bicyclic) bond motifs is 1. The number of nitrogen functional groups attached to an aromatic ring is 1. The number of carbonyl (C=O) groups excluding carboxylic acids is 1. The fourth-order valence-corrected chi connectivity index (χ4v) is 5.83. The largest absolute Gasteiger partial charge is 0.454 e. The molecule has 35 heavy (non-hydrogen) atoms. The number of rotatable bonds is 9. The Labute approximate surface area is 215 Å². The first-order valence-electron chi connectivity index (χ1n) is 11.0. The molecule has 1 aliphatic heterocycles. The molecule has 4 rings (SSSR count). The maximum atomic E-state index is 12.9. The molecule has 1 aromatic carbocycles. The van der Waals surface area contributed by atoms with E-state index in [0.717, 1.165) is 0 Å². The van der Waals surface area contributed by atoms with Crippen molar-refractivity contribution in [2.45, 2.75) is 38.7 Å². The highest BCUT2D eigenvalue weighted by Gasteiger charge is 2.41. The summed E-state index contributed by atoms with van der Waals surface area (Å²) in [6.45, 7) is 3.93. The van der Waals surface area contributed by atoms with Crippen molar-refractivity contribution in [1.82, 2.24) is 19.7 Å². The van der Waals surface area contributed by atoms with Crippen LogP contribution in [0.1, 0.15) is 36.9 Å². The van der Waals surface area contributed by atoms with E-state index in [1.165, 1.54) is 16.8 Å². The Balaban J connectivity index is 1.66. The number of ether oxygens (including phenoxy) is 2. The molecule has 0 amide bonds. The molecule has 2 aromatic heterocycles. The highest BCUT2D eigenvalue weighted by molar-refractivity contribution is 14.1. The van der Waals surface area contributed by atoms with Crippen LogP contribution in [0.25, 0.3) is 11.0 Å². The van der Waals surface area contributed by atoms with Crippen molar-refractivity contribution in [3.05, 3.63) is 57.8 Å². The third-order valence-electron chi connectivity index (χ3n) is 5.18. The first-order chi connectivity index (χ1) is 16.8. The first kappa shape index (κ1) is 25.7. The zero-order chi connectivity index (χ0) is 25.0. The SMILES string of the molecule is CCOP(=O)(C=C[C@@H]1CC(OC(=O)c2ccccc2)[C@H](n2nc(I)c3c(N)ncnc32)O1)OCC. The number of halogens is 1. The van der Waals surface area contributed by atoms with Crippen molar-refractivity contribution in [3.8, 4) is 0 Å². The van der Waals surface area contributed by atoms with Crippen molar-refractivity contribution in [2.75, 3.05) is 18.9 Å². The molecule has 0 bridgehead atoms. The smallest absolute Gasteiger partial charge is 0.353 e. The van der Waals surface area contributed by atoms with E-state index in [2.05, 4.69) is 15.1 Å². The van der Waals surface area contributed by atoms with E-state index in [4.69, 9.17) is 24.3 Å². The van der Waals surface area contributed by atoms with E-state index in [9.17, 15) is 9.36 Å². The lowest BCUT2D eigenvalue weighted by Gasteiger charge is -2.19. The van der Waals surface area contributed by atoms with Crippen molar-refractivity contribution >= 4 is 53.0 Å². The van der Waals surface area contributed by atoms with Gasteiger partial charge in [-0.3, -0.25) is 4.57 Å². The van der Waals surface area contributed by atoms with Crippen LogP contribution in [0.15, 0.2) is 48.6 Å². The van der Waals surface area contributed by atoms with Crippen LogP contribution in [0.2, 0.25) is 0 Å². The van der Waals surface area contributed by atoms with Crippen LogP contribution < -0.4 is 5.73 Å². The molecule has 3 atom stereocenters. The Kier molecular flexibility index (Phi) is 8.17. The zero-order valence-electron chi connectivity index (χ0n) is 19.1. The highest BCUT2D eigenvalue weighted by Crippen LogP contribution is 2.50. The van der Waals surface area contributed by atoms with Gasteiger partial charge in [-0.15, -0.1) is 0 Å². The summed E-state index contributed by atoms with van der Waals surface area (Å²) in [4.78, 5) is 21.2. The standard InChI is InChI=1S/C22H25IN5O6P/c1-3-31-35(30,32-4-2)11-10-15-12-16(34-22(29)14-8-6-5-7-9-14)21(33-15)28-20-17(18(23)27-28)19(24)25-13-26-20/h5-11,13,15-16,21H,3-4,12H2,1-2H3,(H2,24,25,26)/t15-,16?,21-/m1/s1. The number of nitrogens with two attached hydrogens (primary N) is 1. The number of carbonyl (C=O) groups is 1. The molecule has 1 fully saturated rings. The molecular formula is C22H25IN5O6P. The van der Waals surface area contributed by atoms with Crippen molar-refractivity contribution < 1.29 is 27.9 Å². The van der Waals surface area contributed by atoms with E-state index in [-0.39, 0.29) is 25.5 Å². The predicted molar refractivity (Wildman–Crippen MR) is 137 cm³/mol. The molecule has 1 unspecified atom stereocenters. The molecule has 1 saturated heterocycles. The average Bonchev–Trinajstić information content (AvgIpc) is 3.39. The molecule has 3 heterocycles. The summed E-state index contributed by atoms with van der Waals surface area (Å²) in [6, 6.07) is 8.67. The quantitative estimate of drug-likeness (QED) is 0.211. The van der Waals surface area contributed by atoms with Gasteiger partial charge in [0.1, 0.15) is 15.8 Å². The second kappa shape index (κ2) is 11.1. The molecule has 0 aliphatic carbocycles. The van der Waals surface area contributed by atoms with E-state index in [1.807, 2.05) is 28.7 Å². The monoisotopic (exact) mass is 613 g/mol. The molecule has 11 nitrogen and oxygen atoms in total. The second-order valence-electron chi connectivity index (χ2n) is 7.52.